The van der Waals surface area contributed by atoms with Crippen molar-refractivity contribution in [3.8, 4) is 11.5 Å². The molecule has 168 valence electrons. The number of hydrogen-bond donors (Lipinski definition) is 1. The monoisotopic (exact) mass is 429 g/mol. The molecule has 2 aromatic carbocycles. The molecule has 31 heavy (non-hydrogen) atoms. The highest BCUT2D eigenvalue weighted by atomic mass is 16.6. The van der Waals surface area contributed by atoms with Gasteiger partial charge in [-0.2, -0.15) is 0 Å². The summed E-state index contributed by atoms with van der Waals surface area (Å²) in [5.41, 5.74) is 0.801. The highest BCUT2D eigenvalue weighted by Gasteiger charge is 2.26. The molecule has 8 nitrogen and oxygen atoms in total. The third-order valence-corrected chi connectivity index (χ3v) is 5.16. The number of ether oxygens (including phenoxy) is 2. The minimum atomic E-state index is -0.584. The topological polar surface area (TPSA) is 93.9 Å². The number of hydrogen-bond acceptors (Lipinski definition) is 6. The van der Waals surface area contributed by atoms with E-state index in [9.17, 15) is 14.9 Å². The van der Waals surface area contributed by atoms with Gasteiger partial charge in [-0.1, -0.05) is 44.2 Å². The minimum absolute atomic E-state index is 0.0488. The predicted molar refractivity (Wildman–Crippen MR) is 120 cm³/mol. The van der Waals surface area contributed by atoms with Crippen LogP contribution in [0.25, 0.3) is 0 Å². The number of nitrogens with one attached hydrogen (secondary N) is 1. The summed E-state index contributed by atoms with van der Waals surface area (Å²) in [5.74, 6) is 0.000970. The standard InChI is InChI=1S/C23H31N3O5/c1-5-25(6-2)18(13-17-11-9-8-10-12-17)16-24-23(27)19-14-22(31-7-3)21(30-4)15-20(19)26(28)29/h8-12,14-15,18H,5-7,13,16H2,1-4H3,(H,24,27). The highest BCUT2D eigenvalue weighted by molar-refractivity contribution is 5.99. The van der Waals surface area contributed by atoms with Crippen LogP contribution in [0, 0.1) is 10.1 Å². The molecule has 1 unspecified atom stereocenters. The molecule has 0 aliphatic heterocycles. The molecule has 1 N–H and O–H groups in total. The second kappa shape index (κ2) is 11.9. The quantitative estimate of drug-likeness (QED) is 0.409. The maximum Gasteiger partial charge on any atom is 0.286 e. The van der Waals surface area contributed by atoms with Crippen molar-refractivity contribution in [2.24, 2.45) is 0 Å². The Morgan fingerprint density at radius 1 is 1.13 bits per heavy atom. The lowest BCUT2D eigenvalue weighted by Crippen LogP contribution is -2.45. The van der Waals surface area contributed by atoms with Crippen molar-refractivity contribution in [2.45, 2.75) is 33.2 Å². The number of carbonyl (C=O) groups is 1. The molecule has 0 spiro atoms. The number of nitro benzene ring substituents is 1. The molecule has 0 bridgehead atoms. The Balaban J connectivity index is 2.26. The summed E-state index contributed by atoms with van der Waals surface area (Å²) in [6.45, 7) is 8.32. The van der Waals surface area contributed by atoms with E-state index in [2.05, 4.69) is 36.2 Å². The first-order valence-corrected chi connectivity index (χ1v) is 10.5. The first-order chi connectivity index (χ1) is 14.9. The van der Waals surface area contributed by atoms with Crippen LogP contribution in [0.2, 0.25) is 0 Å². The second-order valence-corrected chi connectivity index (χ2v) is 6.99. The Bertz CT molecular complexity index is 869. The maximum absolute atomic E-state index is 13.0. The Kier molecular flexibility index (Phi) is 9.27. The highest BCUT2D eigenvalue weighted by Crippen LogP contribution is 2.34. The average molecular weight is 430 g/mol. The number of nitrogens with zero attached hydrogens (tertiary/aromatic N) is 2. The van der Waals surface area contributed by atoms with Gasteiger partial charge < -0.3 is 14.8 Å². The van der Waals surface area contributed by atoms with E-state index < -0.39 is 10.8 Å². The third kappa shape index (κ3) is 6.42. The largest absolute Gasteiger partial charge is 0.493 e. The summed E-state index contributed by atoms with van der Waals surface area (Å²) in [6, 6.07) is 12.7. The number of benzene rings is 2. The zero-order valence-corrected chi connectivity index (χ0v) is 18.6. The summed E-state index contributed by atoms with van der Waals surface area (Å²) in [6.07, 6.45) is 0.762. The van der Waals surface area contributed by atoms with Crippen molar-refractivity contribution in [3.05, 3.63) is 63.7 Å². The molecule has 8 heteroatoms. The molecular formula is C23H31N3O5. The summed E-state index contributed by atoms with van der Waals surface area (Å²) < 4.78 is 10.7. The average Bonchev–Trinajstić information content (AvgIpc) is 2.78. The van der Waals surface area contributed by atoms with Crippen molar-refractivity contribution in [3.63, 3.8) is 0 Å². The fourth-order valence-corrected chi connectivity index (χ4v) is 3.57. The van der Waals surface area contributed by atoms with E-state index in [1.165, 1.54) is 24.8 Å². The van der Waals surface area contributed by atoms with Gasteiger partial charge >= 0.3 is 0 Å². The zero-order valence-electron chi connectivity index (χ0n) is 18.6. The number of rotatable bonds is 12. The van der Waals surface area contributed by atoms with Gasteiger partial charge in [0.25, 0.3) is 11.6 Å². The van der Waals surface area contributed by atoms with Crippen LogP contribution < -0.4 is 14.8 Å². The predicted octanol–water partition coefficient (Wildman–Crippen LogP) is 3.69. The van der Waals surface area contributed by atoms with Crippen LogP contribution in [0.1, 0.15) is 36.7 Å². The van der Waals surface area contributed by atoms with E-state index >= 15 is 0 Å². The van der Waals surface area contributed by atoms with Gasteiger partial charge in [-0.3, -0.25) is 19.8 Å². The molecule has 0 aliphatic rings. The Morgan fingerprint density at radius 3 is 2.35 bits per heavy atom. The molecular weight excluding hydrogens is 398 g/mol. The van der Waals surface area contributed by atoms with Crippen LogP contribution in [0.4, 0.5) is 5.69 Å². The first kappa shape index (κ1) is 24.1. The molecule has 0 fully saturated rings. The van der Waals surface area contributed by atoms with Gasteiger partial charge in [-0.15, -0.1) is 0 Å². The van der Waals surface area contributed by atoms with Gasteiger partial charge in [0.15, 0.2) is 11.5 Å². The molecule has 1 atom stereocenters. The van der Waals surface area contributed by atoms with E-state index in [1.54, 1.807) is 6.92 Å². The van der Waals surface area contributed by atoms with Crippen LogP contribution in [-0.2, 0) is 6.42 Å². The number of amides is 1. The fourth-order valence-electron chi connectivity index (χ4n) is 3.57. The van der Waals surface area contributed by atoms with Crippen LogP contribution >= 0.6 is 0 Å². The molecule has 0 aromatic heterocycles. The van der Waals surface area contributed by atoms with Crippen molar-refractivity contribution >= 4 is 11.6 Å². The summed E-state index contributed by atoms with van der Waals surface area (Å²) in [7, 11) is 1.40. The Hall–Kier alpha value is -3.13. The van der Waals surface area contributed by atoms with E-state index in [1.807, 2.05) is 18.2 Å². The molecule has 0 radical (unpaired) electrons. The van der Waals surface area contributed by atoms with E-state index in [4.69, 9.17) is 9.47 Å². The van der Waals surface area contributed by atoms with Crippen molar-refractivity contribution in [2.75, 3.05) is 33.4 Å². The molecule has 0 aliphatic carbocycles. The van der Waals surface area contributed by atoms with Crippen LogP contribution in [0.3, 0.4) is 0 Å². The van der Waals surface area contributed by atoms with Gasteiger partial charge in [0.2, 0.25) is 0 Å². The maximum atomic E-state index is 13.0. The van der Waals surface area contributed by atoms with Gasteiger partial charge in [0, 0.05) is 18.7 Å². The van der Waals surface area contributed by atoms with E-state index in [0.717, 1.165) is 19.5 Å². The molecule has 0 saturated carbocycles. The Morgan fingerprint density at radius 2 is 1.81 bits per heavy atom. The molecule has 0 saturated heterocycles. The number of nitro groups is 1. The summed E-state index contributed by atoms with van der Waals surface area (Å²) in [4.78, 5) is 26.2. The van der Waals surface area contributed by atoms with Crippen LogP contribution in [0.15, 0.2) is 42.5 Å². The zero-order chi connectivity index (χ0) is 22.8. The van der Waals surface area contributed by atoms with Crippen LogP contribution in [-0.4, -0.2) is 55.1 Å². The minimum Gasteiger partial charge on any atom is -0.493 e. The second-order valence-electron chi connectivity index (χ2n) is 6.99. The normalized spacial score (nSPS) is 11.8. The molecule has 0 heterocycles. The number of likely N-dealkylation sites (N-methyl/N-ethyl adjacent to an activating group) is 1. The molecule has 2 rings (SSSR count). The van der Waals surface area contributed by atoms with E-state index in [0.29, 0.717) is 18.9 Å². The lowest BCUT2D eigenvalue weighted by Gasteiger charge is -2.30. The number of methoxy groups -OCH3 is 1. The molecule has 2 aromatic rings. The SMILES string of the molecule is CCOc1cc(C(=O)NCC(Cc2ccccc2)N(CC)CC)c([N+](=O)[O-])cc1OC. The lowest BCUT2D eigenvalue weighted by atomic mass is 10.0. The third-order valence-electron chi connectivity index (χ3n) is 5.16. The van der Waals surface area contributed by atoms with Crippen molar-refractivity contribution in [1.82, 2.24) is 10.2 Å². The number of carbonyl (C=O) groups excluding carboxylic acids is 1. The lowest BCUT2D eigenvalue weighted by molar-refractivity contribution is -0.385. The smallest absolute Gasteiger partial charge is 0.286 e. The van der Waals surface area contributed by atoms with E-state index in [-0.39, 0.29) is 23.0 Å². The van der Waals surface area contributed by atoms with Gasteiger partial charge in [0.05, 0.1) is 24.7 Å². The fraction of sp³-hybridized carbons (Fsp3) is 0.435. The molecule has 1 amide bonds. The first-order valence-electron chi connectivity index (χ1n) is 10.5. The van der Waals surface area contributed by atoms with Crippen molar-refractivity contribution in [1.29, 1.82) is 0 Å². The van der Waals surface area contributed by atoms with Gasteiger partial charge in [-0.25, -0.2) is 0 Å². The Labute approximate surface area is 183 Å². The van der Waals surface area contributed by atoms with Gasteiger partial charge in [-0.05, 0) is 32.0 Å². The van der Waals surface area contributed by atoms with Gasteiger partial charge in [0.1, 0.15) is 5.56 Å². The van der Waals surface area contributed by atoms with Crippen molar-refractivity contribution < 1.29 is 19.2 Å². The van der Waals surface area contributed by atoms with Crippen LogP contribution in [0.5, 0.6) is 11.5 Å². The summed E-state index contributed by atoms with van der Waals surface area (Å²) in [5, 5.41) is 14.5. The summed E-state index contributed by atoms with van der Waals surface area (Å²) >= 11 is 0.